The zero-order chi connectivity index (χ0) is 21.5. The number of H-pyrrole nitrogens is 1. The minimum Gasteiger partial charge on any atom is -0.364 e. The third-order valence-corrected chi connectivity index (χ3v) is 6.09. The number of thiazole rings is 1. The summed E-state index contributed by atoms with van der Waals surface area (Å²) in [6.45, 7) is 2.04. The molecule has 4 aromatic rings. The van der Waals surface area contributed by atoms with Crippen molar-refractivity contribution < 1.29 is 9.59 Å². The van der Waals surface area contributed by atoms with Crippen molar-refractivity contribution in [1.82, 2.24) is 19.7 Å². The highest BCUT2D eigenvalue weighted by molar-refractivity contribution is 7.14. The number of nitrogens with two attached hydrogens (primary N) is 1. The van der Waals surface area contributed by atoms with Gasteiger partial charge >= 0.3 is 0 Å². The van der Waals surface area contributed by atoms with Gasteiger partial charge in [-0.25, -0.2) is 9.67 Å². The number of para-hydroxylation sites is 1. The largest absolute Gasteiger partial charge is 0.364 e. The van der Waals surface area contributed by atoms with Crippen LogP contribution >= 0.6 is 11.3 Å². The average Bonchev–Trinajstić information content (AvgIpc) is 3.16. The molecule has 0 atom stereocenters. The lowest BCUT2D eigenvalue weighted by molar-refractivity contribution is 0.0993. The first-order valence-electron chi connectivity index (χ1n) is 9.90. The Morgan fingerprint density at radius 3 is 2.81 bits per heavy atom. The number of nitrogens with zero attached hydrogens (tertiary/aromatic N) is 3. The van der Waals surface area contributed by atoms with E-state index in [1.807, 2.05) is 41.3 Å². The van der Waals surface area contributed by atoms with Gasteiger partial charge in [0.05, 0.1) is 28.8 Å². The molecule has 2 amide bonds. The number of rotatable bonds is 6. The number of aryl methyl sites for hydroxylation is 1. The second-order valence-corrected chi connectivity index (χ2v) is 8.43. The summed E-state index contributed by atoms with van der Waals surface area (Å²) in [5.41, 5.74) is 10.6. The van der Waals surface area contributed by atoms with E-state index in [1.165, 1.54) is 11.3 Å². The predicted molar refractivity (Wildman–Crippen MR) is 119 cm³/mol. The van der Waals surface area contributed by atoms with Gasteiger partial charge in [0.15, 0.2) is 5.13 Å². The molecule has 1 fully saturated rings. The van der Waals surface area contributed by atoms with Gasteiger partial charge in [0.25, 0.3) is 11.8 Å². The van der Waals surface area contributed by atoms with Gasteiger partial charge in [-0.3, -0.25) is 14.9 Å². The van der Waals surface area contributed by atoms with E-state index in [2.05, 4.69) is 20.4 Å². The minimum atomic E-state index is -0.534. The molecule has 1 aromatic carbocycles. The summed E-state index contributed by atoms with van der Waals surface area (Å²) in [4.78, 5) is 31.6. The Hall–Kier alpha value is -3.72. The summed E-state index contributed by atoms with van der Waals surface area (Å²) in [6.07, 6.45) is 5.40. The van der Waals surface area contributed by atoms with E-state index in [-0.39, 0.29) is 5.91 Å². The number of aromatic amines is 1. The molecule has 0 bridgehead atoms. The zero-order valence-corrected chi connectivity index (χ0v) is 17.6. The van der Waals surface area contributed by atoms with Crippen LogP contribution in [0.15, 0.2) is 48.1 Å². The van der Waals surface area contributed by atoms with E-state index in [4.69, 9.17) is 5.73 Å². The van der Waals surface area contributed by atoms with Gasteiger partial charge in [0.1, 0.15) is 5.69 Å². The maximum Gasteiger partial charge on any atom is 0.265 e. The van der Waals surface area contributed by atoms with Gasteiger partial charge in [-0.1, -0.05) is 18.2 Å². The van der Waals surface area contributed by atoms with Crippen molar-refractivity contribution >= 4 is 28.3 Å². The van der Waals surface area contributed by atoms with Gasteiger partial charge in [-0.15, -0.1) is 11.3 Å². The molecule has 0 unspecified atom stereocenters. The van der Waals surface area contributed by atoms with Crippen molar-refractivity contribution in [3.8, 4) is 16.9 Å². The smallest absolute Gasteiger partial charge is 0.265 e. The Kier molecular flexibility index (Phi) is 4.67. The van der Waals surface area contributed by atoms with Crippen LogP contribution in [0.4, 0.5) is 5.13 Å². The van der Waals surface area contributed by atoms with E-state index in [0.29, 0.717) is 28.0 Å². The molecule has 3 aromatic heterocycles. The van der Waals surface area contributed by atoms with Crippen LogP contribution in [0.1, 0.15) is 50.9 Å². The lowest BCUT2D eigenvalue weighted by Crippen LogP contribution is -2.14. The van der Waals surface area contributed by atoms with Crippen LogP contribution in [0.2, 0.25) is 0 Å². The lowest BCUT2D eigenvalue weighted by atomic mass is 10.1. The fourth-order valence-electron chi connectivity index (χ4n) is 3.59. The predicted octanol–water partition coefficient (Wildman–Crippen LogP) is 3.86. The molecule has 8 nitrogen and oxygen atoms in total. The molecular weight excluding hydrogens is 412 g/mol. The summed E-state index contributed by atoms with van der Waals surface area (Å²) >= 11 is 1.32. The van der Waals surface area contributed by atoms with Crippen molar-refractivity contribution in [3.05, 3.63) is 70.6 Å². The van der Waals surface area contributed by atoms with E-state index in [9.17, 15) is 9.59 Å². The molecule has 9 heteroatoms. The first-order valence-corrected chi connectivity index (χ1v) is 10.8. The van der Waals surface area contributed by atoms with Crippen LogP contribution in [0, 0.1) is 6.92 Å². The van der Waals surface area contributed by atoms with Crippen LogP contribution in [-0.4, -0.2) is 31.6 Å². The number of carbonyl (C=O) groups excluding carboxylic acids is 2. The molecule has 4 N–H and O–H groups in total. The van der Waals surface area contributed by atoms with Crippen LogP contribution in [0.25, 0.3) is 16.9 Å². The SMILES string of the molecule is Cc1ccccc1-n1ncc(C(=O)Nc2nc(-c3c[nH]c(C(N)=O)c3)cs2)c1C1CC1. The summed E-state index contributed by atoms with van der Waals surface area (Å²) in [5.74, 6) is -0.426. The molecule has 0 saturated heterocycles. The number of aromatic nitrogens is 4. The van der Waals surface area contributed by atoms with Gasteiger partial charge < -0.3 is 10.7 Å². The monoisotopic (exact) mass is 432 g/mol. The minimum absolute atomic E-state index is 0.227. The second-order valence-electron chi connectivity index (χ2n) is 7.57. The quantitative estimate of drug-likeness (QED) is 0.429. The standard InChI is InChI=1S/C22H20N6O2S/c1-12-4-2-3-5-18(12)28-19(13-6-7-13)15(10-25-28)21(30)27-22-26-17(11-31-22)14-8-16(20(23)29)24-9-14/h2-5,8-11,13,24H,6-7H2,1H3,(H2,23,29)(H,26,27,30). The third kappa shape index (κ3) is 3.64. The number of anilines is 1. The molecule has 156 valence electrons. The van der Waals surface area contributed by atoms with Gasteiger partial charge in [-0.05, 0) is 37.5 Å². The van der Waals surface area contributed by atoms with Crippen molar-refractivity contribution in [3.63, 3.8) is 0 Å². The Morgan fingerprint density at radius 2 is 2.10 bits per heavy atom. The molecule has 0 spiro atoms. The molecule has 1 aliphatic carbocycles. The second kappa shape index (κ2) is 7.51. The molecule has 1 saturated carbocycles. The molecule has 0 aliphatic heterocycles. The maximum absolute atomic E-state index is 13.1. The van der Waals surface area contributed by atoms with E-state index in [0.717, 1.165) is 35.3 Å². The van der Waals surface area contributed by atoms with Crippen LogP contribution in [0.5, 0.6) is 0 Å². The van der Waals surface area contributed by atoms with Crippen molar-refractivity contribution in [2.75, 3.05) is 5.32 Å². The highest BCUT2D eigenvalue weighted by Crippen LogP contribution is 2.43. The van der Waals surface area contributed by atoms with Gasteiger partial charge in [0, 0.05) is 23.1 Å². The average molecular weight is 433 g/mol. The summed E-state index contributed by atoms with van der Waals surface area (Å²) in [6, 6.07) is 9.65. The summed E-state index contributed by atoms with van der Waals surface area (Å²) in [5, 5.41) is 9.73. The van der Waals surface area contributed by atoms with Crippen LogP contribution < -0.4 is 11.1 Å². The molecule has 31 heavy (non-hydrogen) atoms. The van der Waals surface area contributed by atoms with Gasteiger partial charge in [-0.2, -0.15) is 5.10 Å². The number of carbonyl (C=O) groups is 2. The normalized spacial score (nSPS) is 13.3. The fraction of sp³-hybridized carbons (Fsp3) is 0.182. The van der Waals surface area contributed by atoms with E-state index in [1.54, 1.807) is 18.5 Å². The topological polar surface area (TPSA) is 119 Å². The van der Waals surface area contributed by atoms with E-state index >= 15 is 0 Å². The number of benzene rings is 1. The van der Waals surface area contributed by atoms with Gasteiger partial charge in [0.2, 0.25) is 0 Å². The summed E-state index contributed by atoms with van der Waals surface area (Å²) in [7, 11) is 0. The Morgan fingerprint density at radius 1 is 1.29 bits per heavy atom. The Balaban J connectivity index is 1.41. The number of hydrogen-bond donors (Lipinski definition) is 3. The molecule has 3 heterocycles. The highest BCUT2D eigenvalue weighted by Gasteiger charge is 2.33. The third-order valence-electron chi connectivity index (χ3n) is 5.33. The summed E-state index contributed by atoms with van der Waals surface area (Å²) < 4.78 is 1.89. The number of primary amides is 1. The molecule has 5 rings (SSSR count). The molecule has 1 aliphatic rings. The van der Waals surface area contributed by atoms with Crippen molar-refractivity contribution in [2.24, 2.45) is 5.73 Å². The first kappa shape index (κ1) is 19.3. The number of nitrogens with one attached hydrogen (secondary N) is 2. The fourth-order valence-corrected chi connectivity index (χ4v) is 4.30. The lowest BCUT2D eigenvalue weighted by Gasteiger charge is -2.11. The van der Waals surface area contributed by atoms with E-state index < -0.39 is 5.91 Å². The number of hydrogen-bond acceptors (Lipinski definition) is 5. The van der Waals surface area contributed by atoms with Crippen LogP contribution in [-0.2, 0) is 0 Å². The zero-order valence-electron chi connectivity index (χ0n) is 16.8. The Labute approximate surface area is 182 Å². The Bertz CT molecular complexity index is 1300. The molecule has 0 radical (unpaired) electrons. The van der Waals surface area contributed by atoms with Crippen LogP contribution in [0.3, 0.4) is 0 Å². The maximum atomic E-state index is 13.1. The first-order chi connectivity index (χ1) is 15.0. The highest BCUT2D eigenvalue weighted by atomic mass is 32.1. The number of amides is 2. The van der Waals surface area contributed by atoms with Crippen molar-refractivity contribution in [2.45, 2.75) is 25.7 Å². The van der Waals surface area contributed by atoms with Crippen molar-refractivity contribution in [1.29, 1.82) is 0 Å². The molecular formula is C22H20N6O2S.